The lowest BCUT2D eigenvalue weighted by Gasteiger charge is -2.25. The summed E-state index contributed by atoms with van der Waals surface area (Å²) in [5.74, 6) is -0.145. The number of piperidine rings is 1. The predicted octanol–water partition coefficient (Wildman–Crippen LogP) is 1.13. The second kappa shape index (κ2) is 7.04. The number of rotatable bonds is 5. The van der Waals surface area contributed by atoms with E-state index in [4.69, 9.17) is 4.74 Å². The van der Waals surface area contributed by atoms with E-state index in [1.165, 1.54) is 38.8 Å². The molecule has 1 fully saturated rings. The number of nitrogens with zero attached hydrogens (tertiary/aromatic N) is 3. The van der Waals surface area contributed by atoms with Gasteiger partial charge in [-0.05, 0) is 25.9 Å². The summed E-state index contributed by atoms with van der Waals surface area (Å²) in [4.78, 5) is 21.6. The lowest BCUT2D eigenvalue weighted by Crippen LogP contribution is -2.33. The molecule has 1 saturated heterocycles. The topological polar surface area (TPSA) is 64.6 Å². The quantitative estimate of drug-likeness (QED) is 0.744. The Labute approximate surface area is 112 Å². The van der Waals surface area contributed by atoms with Gasteiger partial charge in [0.2, 0.25) is 5.88 Å². The number of likely N-dealkylation sites (tertiary alicyclic amines) is 1. The van der Waals surface area contributed by atoms with Gasteiger partial charge in [0.15, 0.2) is 5.69 Å². The van der Waals surface area contributed by atoms with E-state index >= 15 is 0 Å². The first-order valence-electron chi connectivity index (χ1n) is 6.55. The van der Waals surface area contributed by atoms with Crippen molar-refractivity contribution in [2.75, 3.05) is 33.4 Å². The maximum Gasteiger partial charge on any atom is 0.358 e. The van der Waals surface area contributed by atoms with Crippen molar-refractivity contribution in [1.82, 2.24) is 14.9 Å². The van der Waals surface area contributed by atoms with Gasteiger partial charge in [0.25, 0.3) is 0 Å². The molecule has 2 rings (SSSR count). The number of ether oxygens (including phenoxy) is 2. The van der Waals surface area contributed by atoms with Crippen LogP contribution in [0.4, 0.5) is 0 Å². The molecule has 1 aromatic rings. The smallest absolute Gasteiger partial charge is 0.358 e. The van der Waals surface area contributed by atoms with E-state index in [0.717, 1.165) is 19.6 Å². The van der Waals surface area contributed by atoms with Gasteiger partial charge < -0.3 is 9.47 Å². The van der Waals surface area contributed by atoms with Crippen molar-refractivity contribution in [3.05, 3.63) is 18.1 Å². The van der Waals surface area contributed by atoms with Gasteiger partial charge in [0, 0.05) is 6.54 Å². The number of hydrogen-bond acceptors (Lipinski definition) is 6. The first kappa shape index (κ1) is 13.7. The van der Waals surface area contributed by atoms with Crippen LogP contribution in [-0.4, -0.2) is 54.2 Å². The van der Waals surface area contributed by atoms with Gasteiger partial charge in [-0.3, -0.25) is 9.88 Å². The molecule has 0 amide bonds. The summed E-state index contributed by atoms with van der Waals surface area (Å²) in [6.45, 7) is 3.71. The van der Waals surface area contributed by atoms with Crippen molar-refractivity contribution in [2.24, 2.45) is 0 Å². The summed E-state index contributed by atoms with van der Waals surface area (Å²) in [6, 6.07) is 0. The first-order valence-corrected chi connectivity index (χ1v) is 6.55. The molecule has 6 nitrogen and oxygen atoms in total. The second-order valence-corrected chi connectivity index (χ2v) is 4.48. The average Bonchev–Trinajstić information content (AvgIpc) is 2.48. The summed E-state index contributed by atoms with van der Waals surface area (Å²) in [6.07, 6.45) is 6.71. The third-order valence-electron chi connectivity index (χ3n) is 3.11. The van der Waals surface area contributed by atoms with Crippen LogP contribution in [-0.2, 0) is 4.74 Å². The van der Waals surface area contributed by atoms with Gasteiger partial charge in [0.05, 0.1) is 19.5 Å². The van der Waals surface area contributed by atoms with Crippen LogP contribution in [0, 0.1) is 0 Å². The molecule has 1 aromatic heterocycles. The Hall–Kier alpha value is -1.69. The minimum absolute atomic E-state index is 0.165. The lowest BCUT2D eigenvalue weighted by molar-refractivity contribution is 0.0592. The van der Waals surface area contributed by atoms with Crippen LogP contribution < -0.4 is 4.74 Å². The summed E-state index contributed by atoms with van der Waals surface area (Å²) in [5, 5.41) is 0. The zero-order valence-corrected chi connectivity index (χ0v) is 11.2. The number of esters is 1. The van der Waals surface area contributed by atoms with Gasteiger partial charge in [-0.2, -0.15) is 0 Å². The highest BCUT2D eigenvalue weighted by Gasteiger charge is 2.11. The highest BCUT2D eigenvalue weighted by Crippen LogP contribution is 2.09. The van der Waals surface area contributed by atoms with Crippen LogP contribution in [0.5, 0.6) is 5.88 Å². The van der Waals surface area contributed by atoms with E-state index in [1.54, 1.807) is 0 Å². The summed E-state index contributed by atoms with van der Waals surface area (Å²) >= 11 is 0. The van der Waals surface area contributed by atoms with Crippen molar-refractivity contribution in [1.29, 1.82) is 0 Å². The van der Waals surface area contributed by atoms with Gasteiger partial charge in [-0.15, -0.1) is 0 Å². The Morgan fingerprint density at radius 1 is 1.32 bits per heavy atom. The molecule has 1 aliphatic heterocycles. The van der Waals surface area contributed by atoms with Crippen LogP contribution in [0.1, 0.15) is 29.8 Å². The minimum atomic E-state index is -0.506. The Kier molecular flexibility index (Phi) is 5.09. The molecule has 0 N–H and O–H groups in total. The minimum Gasteiger partial charge on any atom is -0.475 e. The molecule has 1 aliphatic rings. The molecule has 2 heterocycles. The maximum atomic E-state index is 11.3. The molecule has 0 bridgehead atoms. The highest BCUT2D eigenvalue weighted by atomic mass is 16.5. The Bertz CT molecular complexity index is 419. The monoisotopic (exact) mass is 265 g/mol. The first-order chi connectivity index (χ1) is 9.29. The second-order valence-electron chi connectivity index (χ2n) is 4.48. The average molecular weight is 265 g/mol. The fraction of sp³-hybridized carbons (Fsp3) is 0.615. The molecule has 0 atom stereocenters. The van der Waals surface area contributed by atoms with E-state index in [-0.39, 0.29) is 5.69 Å². The maximum absolute atomic E-state index is 11.3. The van der Waals surface area contributed by atoms with E-state index in [2.05, 4.69) is 19.6 Å². The fourth-order valence-corrected chi connectivity index (χ4v) is 2.08. The van der Waals surface area contributed by atoms with Gasteiger partial charge >= 0.3 is 5.97 Å². The van der Waals surface area contributed by atoms with E-state index in [9.17, 15) is 4.79 Å². The molecular weight excluding hydrogens is 246 g/mol. The van der Waals surface area contributed by atoms with Crippen LogP contribution in [0.3, 0.4) is 0 Å². The lowest BCUT2D eigenvalue weighted by atomic mass is 10.1. The summed E-state index contributed by atoms with van der Waals surface area (Å²) in [7, 11) is 1.31. The van der Waals surface area contributed by atoms with Crippen LogP contribution >= 0.6 is 0 Å². The zero-order chi connectivity index (χ0) is 13.5. The zero-order valence-electron chi connectivity index (χ0n) is 11.2. The van der Waals surface area contributed by atoms with Gasteiger partial charge in [-0.1, -0.05) is 6.42 Å². The van der Waals surface area contributed by atoms with Crippen LogP contribution in [0.15, 0.2) is 12.4 Å². The van der Waals surface area contributed by atoms with Crippen LogP contribution in [0.25, 0.3) is 0 Å². The van der Waals surface area contributed by atoms with Gasteiger partial charge in [0.1, 0.15) is 6.61 Å². The molecule has 0 radical (unpaired) electrons. The Balaban J connectivity index is 1.80. The molecule has 104 valence electrons. The molecular formula is C13H19N3O3. The largest absolute Gasteiger partial charge is 0.475 e. The standard InChI is InChI=1S/C13H19N3O3/c1-18-13(17)11-9-14-10-12(15-11)19-8-7-16-5-3-2-4-6-16/h9-10H,2-8H2,1H3. The number of carbonyl (C=O) groups is 1. The Morgan fingerprint density at radius 2 is 2.11 bits per heavy atom. The van der Waals surface area contributed by atoms with Crippen molar-refractivity contribution < 1.29 is 14.3 Å². The van der Waals surface area contributed by atoms with Gasteiger partial charge in [-0.25, -0.2) is 9.78 Å². The third kappa shape index (κ3) is 4.17. The molecule has 19 heavy (non-hydrogen) atoms. The highest BCUT2D eigenvalue weighted by molar-refractivity contribution is 5.86. The number of carbonyl (C=O) groups excluding carboxylic acids is 1. The fourth-order valence-electron chi connectivity index (χ4n) is 2.08. The molecule has 0 aromatic carbocycles. The molecule has 0 unspecified atom stereocenters. The van der Waals surface area contributed by atoms with Crippen molar-refractivity contribution in [3.63, 3.8) is 0 Å². The normalized spacial score (nSPS) is 16.1. The molecule has 0 aliphatic carbocycles. The van der Waals surface area contributed by atoms with E-state index < -0.39 is 5.97 Å². The van der Waals surface area contributed by atoms with Crippen molar-refractivity contribution in [2.45, 2.75) is 19.3 Å². The third-order valence-corrected chi connectivity index (χ3v) is 3.11. The SMILES string of the molecule is COC(=O)c1cncc(OCCN2CCCCC2)n1. The van der Waals surface area contributed by atoms with E-state index in [1.807, 2.05) is 0 Å². The van der Waals surface area contributed by atoms with Crippen molar-refractivity contribution >= 4 is 5.97 Å². The molecule has 0 spiro atoms. The molecule has 0 saturated carbocycles. The summed E-state index contributed by atoms with van der Waals surface area (Å²) < 4.78 is 10.1. The number of aromatic nitrogens is 2. The van der Waals surface area contributed by atoms with Crippen LogP contribution in [0.2, 0.25) is 0 Å². The number of methoxy groups -OCH3 is 1. The Morgan fingerprint density at radius 3 is 2.84 bits per heavy atom. The van der Waals surface area contributed by atoms with Crippen molar-refractivity contribution in [3.8, 4) is 5.88 Å². The van der Waals surface area contributed by atoms with E-state index in [0.29, 0.717) is 12.5 Å². The predicted molar refractivity (Wildman–Crippen MR) is 69.2 cm³/mol. The number of hydrogen-bond donors (Lipinski definition) is 0. The molecule has 6 heteroatoms. The summed E-state index contributed by atoms with van der Waals surface area (Å²) in [5.41, 5.74) is 0.165.